The van der Waals surface area contributed by atoms with E-state index < -0.39 is 26.8 Å². The molecule has 9 nitrogen and oxygen atoms in total. The number of benzene rings is 1. The Labute approximate surface area is 143 Å². The Kier molecular flexibility index (Phi) is 5.51. The van der Waals surface area contributed by atoms with E-state index >= 15 is 0 Å². The predicted octanol–water partition coefficient (Wildman–Crippen LogP) is 0.651. The van der Waals surface area contributed by atoms with E-state index in [1.807, 2.05) is 0 Å². The Bertz CT molecular complexity index is 837. The van der Waals surface area contributed by atoms with Crippen molar-refractivity contribution in [2.45, 2.75) is 11.6 Å². The number of pyridine rings is 1. The molecule has 5 N–H and O–H groups in total. The number of hydrogen-bond donors (Lipinski definition) is 5. The van der Waals surface area contributed by atoms with Crippen LogP contribution in [-0.4, -0.2) is 36.9 Å². The van der Waals surface area contributed by atoms with Gasteiger partial charge in [0.25, 0.3) is 0 Å². The van der Waals surface area contributed by atoms with Crippen LogP contribution < -0.4 is 9.30 Å². The van der Waals surface area contributed by atoms with Crippen LogP contribution in [0, 0.1) is 0 Å². The van der Waals surface area contributed by atoms with E-state index in [0.717, 1.165) is 4.57 Å². The Morgan fingerprint density at radius 1 is 1.04 bits per heavy atom. The predicted molar refractivity (Wildman–Crippen MR) is 87.7 cm³/mol. The number of aromatic nitrogens is 1. The molecule has 136 valence electrons. The van der Waals surface area contributed by atoms with Crippen LogP contribution in [0.4, 0.5) is 0 Å². The van der Waals surface area contributed by atoms with Crippen LogP contribution in [0.5, 0.6) is 5.75 Å². The summed E-state index contributed by atoms with van der Waals surface area (Å²) in [6.07, 6.45) is 2.74. The summed E-state index contributed by atoms with van der Waals surface area (Å²) in [4.78, 5) is 36.9. The molecule has 0 amide bonds. The molecule has 0 unspecified atom stereocenters. The highest BCUT2D eigenvalue weighted by atomic mass is 31.2. The fraction of sp³-hybridized carbons (Fsp3) is 0.214. The molecular formula is C14H18NO8P2+. The zero-order valence-corrected chi connectivity index (χ0v) is 14.9. The molecule has 0 fully saturated rings. The van der Waals surface area contributed by atoms with Crippen LogP contribution in [-0.2, 0) is 15.7 Å². The van der Waals surface area contributed by atoms with Gasteiger partial charge in [-0.1, -0.05) is 12.1 Å². The van der Waals surface area contributed by atoms with Crippen LogP contribution in [0.3, 0.4) is 0 Å². The molecule has 0 saturated heterocycles. The van der Waals surface area contributed by atoms with Gasteiger partial charge in [0.2, 0.25) is 6.54 Å². The van der Waals surface area contributed by atoms with Crippen molar-refractivity contribution in [1.82, 2.24) is 0 Å². The van der Waals surface area contributed by atoms with E-state index in [0.29, 0.717) is 16.9 Å². The van der Waals surface area contributed by atoms with Gasteiger partial charge in [-0.25, -0.2) is 4.57 Å². The standard InChI is InChI=1S/C14H17NO8P2/c1-23-13-6-2-4-11(8-13)12-5-3-7-15(9-12)10-14(16,24(17,18)19)25(20,21)22/h2-9,16H,10H2,1H3,(H3-,17,18,19,20,21,22)/p+1. The molecule has 0 spiro atoms. The maximum atomic E-state index is 11.5. The molecule has 0 bridgehead atoms. The summed E-state index contributed by atoms with van der Waals surface area (Å²) in [5.41, 5.74) is 1.31. The Morgan fingerprint density at radius 2 is 1.64 bits per heavy atom. The van der Waals surface area contributed by atoms with Gasteiger partial charge in [-0.3, -0.25) is 9.13 Å². The molecule has 2 rings (SSSR count). The number of hydrogen-bond acceptors (Lipinski definition) is 4. The van der Waals surface area contributed by atoms with Crippen molar-refractivity contribution >= 4 is 15.2 Å². The van der Waals surface area contributed by atoms with E-state index in [1.165, 1.54) is 25.6 Å². The second kappa shape index (κ2) is 6.97. The molecule has 0 atom stereocenters. The highest BCUT2D eigenvalue weighted by Crippen LogP contribution is 2.67. The number of aliphatic hydroxyl groups is 1. The third-order valence-corrected chi connectivity index (χ3v) is 7.30. The van der Waals surface area contributed by atoms with Gasteiger partial charge in [-0.15, -0.1) is 0 Å². The molecule has 0 aliphatic heterocycles. The fourth-order valence-corrected chi connectivity index (χ4v) is 4.25. The third-order valence-electron chi connectivity index (χ3n) is 3.59. The maximum absolute atomic E-state index is 11.5. The van der Waals surface area contributed by atoms with Crippen molar-refractivity contribution in [3.63, 3.8) is 0 Å². The molecular weight excluding hydrogens is 372 g/mol. The molecule has 0 aliphatic carbocycles. The van der Waals surface area contributed by atoms with Gasteiger partial charge in [-0.05, 0) is 23.8 Å². The van der Waals surface area contributed by atoms with Gasteiger partial charge >= 0.3 is 20.3 Å². The molecule has 0 aliphatic rings. The Balaban J connectivity index is 2.45. The highest BCUT2D eigenvalue weighted by molar-refractivity contribution is 7.72. The minimum absolute atomic E-state index is 0.592. The van der Waals surface area contributed by atoms with E-state index in [4.69, 9.17) is 4.74 Å². The summed E-state index contributed by atoms with van der Waals surface area (Å²) in [5, 5.41) is 6.50. The summed E-state index contributed by atoms with van der Waals surface area (Å²) in [6, 6.07) is 10.2. The first kappa shape index (κ1) is 19.8. The van der Waals surface area contributed by atoms with Crippen molar-refractivity contribution in [3.8, 4) is 16.9 Å². The first-order valence-corrected chi connectivity index (χ1v) is 10.2. The monoisotopic (exact) mass is 390 g/mol. The zero-order valence-electron chi connectivity index (χ0n) is 13.1. The molecule has 1 heterocycles. The minimum Gasteiger partial charge on any atom is -0.497 e. The van der Waals surface area contributed by atoms with Gasteiger partial charge < -0.3 is 29.4 Å². The van der Waals surface area contributed by atoms with Gasteiger partial charge in [0.05, 0.1) is 7.11 Å². The SMILES string of the molecule is COc1cccc(-c2ccc[n+](CC(O)(P(=O)(O)O)P(=O)(O)O)c2)c1. The number of rotatable bonds is 6. The van der Waals surface area contributed by atoms with Gasteiger partial charge in [0.15, 0.2) is 12.4 Å². The number of ether oxygens (including phenoxy) is 1. The molecule has 2 aromatic rings. The zero-order chi connectivity index (χ0) is 18.9. The lowest BCUT2D eigenvalue weighted by Crippen LogP contribution is -2.47. The Hall–Kier alpha value is -1.57. The average molecular weight is 390 g/mol. The fourth-order valence-electron chi connectivity index (χ4n) is 2.19. The lowest BCUT2D eigenvalue weighted by molar-refractivity contribution is -0.703. The lowest BCUT2D eigenvalue weighted by Gasteiger charge is -2.26. The minimum atomic E-state index is -5.52. The van der Waals surface area contributed by atoms with E-state index in [-0.39, 0.29) is 0 Å². The van der Waals surface area contributed by atoms with Crippen LogP contribution >= 0.6 is 15.2 Å². The normalized spacial score (nSPS) is 12.9. The van der Waals surface area contributed by atoms with Crippen molar-refractivity contribution in [2.24, 2.45) is 0 Å². The quantitative estimate of drug-likeness (QED) is 0.357. The lowest BCUT2D eigenvalue weighted by atomic mass is 10.1. The van der Waals surface area contributed by atoms with E-state index in [1.54, 1.807) is 30.3 Å². The summed E-state index contributed by atoms with van der Waals surface area (Å²) < 4.78 is 29.2. The molecule has 11 heteroatoms. The second-order valence-corrected chi connectivity index (χ2v) is 9.37. The largest absolute Gasteiger partial charge is 0.497 e. The first-order chi connectivity index (χ1) is 11.5. The van der Waals surface area contributed by atoms with Gasteiger partial charge in [-0.2, -0.15) is 0 Å². The van der Waals surface area contributed by atoms with Crippen molar-refractivity contribution < 1.29 is 43.1 Å². The molecule has 1 aromatic carbocycles. The second-order valence-electron chi connectivity index (χ2n) is 5.36. The topological polar surface area (TPSA) is 148 Å². The molecule has 25 heavy (non-hydrogen) atoms. The highest BCUT2D eigenvalue weighted by Gasteiger charge is 2.62. The molecule has 0 radical (unpaired) electrons. The molecule has 1 aromatic heterocycles. The molecule has 0 saturated carbocycles. The van der Waals surface area contributed by atoms with E-state index in [9.17, 15) is 33.8 Å². The number of methoxy groups -OCH3 is 1. The maximum Gasteiger partial charge on any atom is 0.376 e. The van der Waals surface area contributed by atoms with Gasteiger partial charge in [0, 0.05) is 11.6 Å². The van der Waals surface area contributed by atoms with Crippen LogP contribution in [0.15, 0.2) is 48.8 Å². The van der Waals surface area contributed by atoms with Crippen LogP contribution in [0.25, 0.3) is 11.1 Å². The van der Waals surface area contributed by atoms with Crippen molar-refractivity contribution in [2.75, 3.05) is 7.11 Å². The van der Waals surface area contributed by atoms with Crippen LogP contribution in [0.1, 0.15) is 0 Å². The first-order valence-electron chi connectivity index (χ1n) is 6.95. The summed E-state index contributed by atoms with van der Waals surface area (Å²) >= 11 is 0. The summed E-state index contributed by atoms with van der Waals surface area (Å²) in [6.45, 7) is -0.987. The summed E-state index contributed by atoms with van der Waals surface area (Å²) in [5.74, 6) is 0.592. The van der Waals surface area contributed by atoms with Gasteiger partial charge in [0.1, 0.15) is 5.75 Å². The van der Waals surface area contributed by atoms with E-state index in [2.05, 4.69) is 0 Å². The van der Waals surface area contributed by atoms with Crippen LogP contribution in [0.2, 0.25) is 0 Å². The Morgan fingerprint density at radius 3 is 2.20 bits per heavy atom. The smallest absolute Gasteiger partial charge is 0.376 e. The third kappa shape index (κ3) is 4.16. The average Bonchev–Trinajstić information content (AvgIpc) is 2.53. The summed E-state index contributed by atoms with van der Waals surface area (Å²) in [7, 11) is -9.54. The van der Waals surface area contributed by atoms with Crippen molar-refractivity contribution in [1.29, 1.82) is 0 Å². The van der Waals surface area contributed by atoms with Crippen molar-refractivity contribution in [3.05, 3.63) is 48.8 Å². The number of nitrogens with zero attached hydrogens (tertiary/aromatic N) is 1.